The Morgan fingerprint density at radius 2 is 1.71 bits per heavy atom. The molecule has 0 aromatic carbocycles. The van der Waals surface area contributed by atoms with Crippen molar-refractivity contribution in [3.05, 3.63) is 0 Å². The Morgan fingerprint density at radius 3 is 2.47 bits per heavy atom. The average Bonchev–Trinajstić information content (AvgIpc) is 2.78. The van der Waals surface area contributed by atoms with E-state index in [9.17, 15) is 14.4 Å². The Bertz CT molecular complexity index is 483. The molecule has 2 aliphatic heterocycles. The average molecular weight is 250 g/mol. The SMILES string of the molecule is O=C1OC(=O)C2CC1C1C3C=PC(=O)C(C3)C21. The van der Waals surface area contributed by atoms with Crippen LogP contribution in [-0.4, -0.2) is 23.3 Å². The van der Waals surface area contributed by atoms with Crippen molar-refractivity contribution in [2.75, 3.05) is 0 Å². The third-order valence-corrected chi connectivity index (χ3v) is 6.00. The normalized spacial score (nSPS) is 51.4. The number of ether oxygens (including phenoxy) is 1. The van der Waals surface area contributed by atoms with Crippen LogP contribution in [0.5, 0.6) is 0 Å². The number of carbonyl (C=O) groups is 3. The van der Waals surface area contributed by atoms with Crippen molar-refractivity contribution in [2.45, 2.75) is 12.8 Å². The number of hydrogen-bond acceptors (Lipinski definition) is 4. The molecule has 4 aliphatic rings. The predicted molar refractivity (Wildman–Crippen MR) is 59.3 cm³/mol. The monoisotopic (exact) mass is 250 g/mol. The van der Waals surface area contributed by atoms with Crippen molar-refractivity contribution in [2.24, 2.45) is 35.5 Å². The van der Waals surface area contributed by atoms with E-state index >= 15 is 0 Å². The van der Waals surface area contributed by atoms with Crippen LogP contribution < -0.4 is 0 Å². The van der Waals surface area contributed by atoms with E-state index in [1.165, 1.54) is 0 Å². The zero-order chi connectivity index (χ0) is 11.7. The molecule has 3 fully saturated rings. The van der Waals surface area contributed by atoms with Crippen LogP contribution in [-0.2, 0) is 19.1 Å². The van der Waals surface area contributed by atoms with E-state index < -0.39 is 5.97 Å². The van der Waals surface area contributed by atoms with Crippen molar-refractivity contribution in [1.29, 1.82) is 0 Å². The highest BCUT2D eigenvalue weighted by Gasteiger charge is 2.63. The minimum absolute atomic E-state index is 0.00915. The summed E-state index contributed by atoms with van der Waals surface area (Å²) in [6, 6.07) is 0. The minimum Gasteiger partial charge on any atom is -0.393 e. The first-order chi connectivity index (χ1) is 8.16. The number of hydrogen-bond donors (Lipinski definition) is 0. The van der Waals surface area contributed by atoms with Crippen molar-refractivity contribution >= 4 is 31.5 Å². The summed E-state index contributed by atoms with van der Waals surface area (Å²) in [5, 5.41) is 0. The Labute approximate surface area is 99.5 Å². The lowest BCUT2D eigenvalue weighted by atomic mass is 9.84. The quantitative estimate of drug-likeness (QED) is 0.277. The summed E-state index contributed by atoms with van der Waals surface area (Å²) >= 11 is 0. The summed E-state index contributed by atoms with van der Waals surface area (Å²) in [6.45, 7) is 0. The van der Waals surface area contributed by atoms with Crippen molar-refractivity contribution in [3.8, 4) is 0 Å². The third-order valence-electron chi connectivity index (χ3n) is 4.88. The molecule has 2 saturated carbocycles. The first-order valence-corrected chi connectivity index (χ1v) is 6.97. The van der Waals surface area contributed by atoms with Crippen LogP contribution in [0, 0.1) is 35.5 Å². The largest absolute Gasteiger partial charge is 0.393 e. The van der Waals surface area contributed by atoms with E-state index in [4.69, 9.17) is 4.74 Å². The van der Waals surface area contributed by atoms with Gasteiger partial charge in [0, 0.05) is 5.92 Å². The summed E-state index contributed by atoms with van der Waals surface area (Å²) in [6.07, 6.45) is 1.45. The van der Waals surface area contributed by atoms with Gasteiger partial charge in [-0.15, -0.1) is 0 Å². The van der Waals surface area contributed by atoms with Crippen LogP contribution >= 0.6 is 8.20 Å². The second-order valence-electron chi connectivity index (χ2n) is 5.47. The Kier molecular flexibility index (Phi) is 1.79. The molecular weight excluding hydrogens is 239 g/mol. The number of rotatable bonds is 0. The molecule has 5 heteroatoms. The van der Waals surface area contributed by atoms with Crippen molar-refractivity contribution < 1.29 is 19.1 Å². The van der Waals surface area contributed by atoms with Crippen LogP contribution in [0.3, 0.4) is 0 Å². The number of fused-ring (bicyclic) bond motifs is 9. The van der Waals surface area contributed by atoms with Crippen LogP contribution in [0.25, 0.3) is 0 Å². The second kappa shape index (κ2) is 3.05. The lowest BCUT2D eigenvalue weighted by molar-refractivity contribution is -0.169. The molecule has 0 aromatic rings. The maximum absolute atomic E-state index is 11.9. The highest BCUT2D eigenvalue weighted by Crippen LogP contribution is 2.60. The number of esters is 2. The van der Waals surface area contributed by atoms with E-state index in [1.807, 2.05) is 5.80 Å². The lowest BCUT2D eigenvalue weighted by Gasteiger charge is -2.24. The first-order valence-electron chi connectivity index (χ1n) is 6.00. The van der Waals surface area contributed by atoms with E-state index in [0.29, 0.717) is 12.3 Å². The third kappa shape index (κ3) is 1.10. The summed E-state index contributed by atoms with van der Waals surface area (Å²) in [5.41, 5.74) is 0.224. The molecule has 0 N–H and O–H groups in total. The van der Waals surface area contributed by atoms with Crippen LogP contribution in [0.4, 0.5) is 0 Å². The van der Waals surface area contributed by atoms with Gasteiger partial charge in [0.2, 0.25) is 0 Å². The van der Waals surface area contributed by atoms with Crippen LogP contribution in [0.1, 0.15) is 12.8 Å². The second-order valence-corrected chi connectivity index (χ2v) is 6.46. The molecular formula is C12H11O4P. The number of cyclic esters (lactones) is 2. The van der Waals surface area contributed by atoms with Gasteiger partial charge >= 0.3 is 11.9 Å². The topological polar surface area (TPSA) is 60.4 Å². The van der Waals surface area contributed by atoms with Gasteiger partial charge in [-0.25, -0.2) is 0 Å². The summed E-state index contributed by atoms with van der Waals surface area (Å²) in [7, 11) is 0.768. The molecule has 6 atom stereocenters. The molecule has 6 unspecified atom stereocenters. The molecule has 2 heterocycles. The Hall–Kier alpha value is -1.02. The molecule has 17 heavy (non-hydrogen) atoms. The molecule has 88 valence electrons. The molecule has 0 radical (unpaired) electrons. The molecule has 0 aromatic heterocycles. The van der Waals surface area contributed by atoms with E-state index in [2.05, 4.69) is 0 Å². The van der Waals surface area contributed by atoms with Gasteiger partial charge in [-0.2, -0.15) is 0 Å². The molecule has 2 aliphatic carbocycles. The van der Waals surface area contributed by atoms with Gasteiger partial charge in [0.25, 0.3) is 0 Å². The Morgan fingerprint density at radius 1 is 1.00 bits per heavy atom. The van der Waals surface area contributed by atoms with Gasteiger partial charge in [-0.05, 0) is 38.8 Å². The highest BCUT2D eigenvalue weighted by molar-refractivity contribution is 7.57. The molecule has 0 spiro atoms. The van der Waals surface area contributed by atoms with Crippen LogP contribution in [0.2, 0.25) is 0 Å². The zero-order valence-electron chi connectivity index (χ0n) is 9.04. The van der Waals surface area contributed by atoms with Crippen molar-refractivity contribution in [1.82, 2.24) is 0 Å². The van der Waals surface area contributed by atoms with Gasteiger partial charge in [0.05, 0.1) is 11.8 Å². The zero-order valence-corrected chi connectivity index (χ0v) is 9.93. The summed E-state index contributed by atoms with van der Waals surface area (Å²) < 4.78 is 4.80. The predicted octanol–water partition coefficient (Wildman–Crippen LogP) is 0.863. The molecule has 1 saturated heterocycles. The summed E-state index contributed by atoms with van der Waals surface area (Å²) in [5.74, 6) is 1.51. The fourth-order valence-corrected chi connectivity index (χ4v) is 5.44. The van der Waals surface area contributed by atoms with Crippen molar-refractivity contribution in [3.63, 3.8) is 0 Å². The lowest BCUT2D eigenvalue weighted by Crippen LogP contribution is -2.33. The maximum Gasteiger partial charge on any atom is 0.316 e. The standard InChI is InChI=1S/C12H11O4P/c13-10-5-2-6(11(14)16-10)9-7-1-4(8(5)9)3-17-12(7)15/h3-9H,1-2H2. The fourth-order valence-electron chi connectivity index (χ4n) is 4.31. The van der Waals surface area contributed by atoms with Gasteiger partial charge in [-0.1, -0.05) is 5.80 Å². The fraction of sp³-hybridized carbons (Fsp3) is 0.667. The molecule has 0 amide bonds. The van der Waals surface area contributed by atoms with E-state index in [0.717, 1.165) is 14.6 Å². The highest BCUT2D eigenvalue weighted by atomic mass is 31.1. The van der Waals surface area contributed by atoms with Gasteiger partial charge < -0.3 is 4.74 Å². The Balaban J connectivity index is 1.83. The van der Waals surface area contributed by atoms with Gasteiger partial charge in [0.15, 0.2) is 5.52 Å². The molecule has 4 bridgehead atoms. The van der Waals surface area contributed by atoms with Crippen LogP contribution in [0.15, 0.2) is 0 Å². The smallest absolute Gasteiger partial charge is 0.316 e. The van der Waals surface area contributed by atoms with Gasteiger partial charge in [-0.3, -0.25) is 14.4 Å². The first kappa shape index (κ1) is 9.95. The summed E-state index contributed by atoms with van der Waals surface area (Å²) in [4.78, 5) is 35.4. The molecule has 4 rings (SSSR count). The minimum atomic E-state index is -0.393. The number of carbonyl (C=O) groups excluding carboxylic acids is 3. The maximum atomic E-state index is 11.9. The molecule has 4 nitrogen and oxygen atoms in total. The van der Waals surface area contributed by atoms with E-state index in [1.54, 1.807) is 0 Å². The van der Waals surface area contributed by atoms with Gasteiger partial charge in [0.1, 0.15) is 0 Å². The van der Waals surface area contributed by atoms with E-state index in [-0.39, 0.29) is 41.1 Å².